The number of benzene rings is 2. The Bertz CT molecular complexity index is 1310. The van der Waals surface area contributed by atoms with Crippen molar-refractivity contribution in [2.75, 3.05) is 0 Å². The van der Waals surface area contributed by atoms with Crippen LogP contribution in [-0.4, -0.2) is 11.2 Å². The molecule has 2 aliphatic carbocycles. The summed E-state index contributed by atoms with van der Waals surface area (Å²) in [5.74, 6) is 1.95. The summed E-state index contributed by atoms with van der Waals surface area (Å²) >= 11 is 0. The molecule has 4 aromatic rings. The number of aliphatic hydroxyl groups excluding tert-OH is 1. The van der Waals surface area contributed by atoms with Gasteiger partial charge in [0.2, 0.25) is 0 Å². The number of rotatable bonds is 1. The van der Waals surface area contributed by atoms with E-state index in [4.69, 9.17) is 8.83 Å². The molecule has 0 aliphatic heterocycles. The molecule has 0 spiro atoms. The predicted molar refractivity (Wildman–Crippen MR) is 112 cm³/mol. The first-order valence-corrected chi connectivity index (χ1v) is 9.82. The number of aliphatic hydroxyl groups is 1. The largest absolute Gasteiger partial charge is 0.460 e. The van der Waals surface area contributed by atoms with Crippen LogP contribution >= 0.6 is 0 Å². The van der Waals surface area contributed by atoms with Gasteiger partial charge in [-0.25, -0.2) is 0 Å². The molecule has 0 amide bonds. The highest BCUT2D eigenvalue weighted by atomic mass is 16.3. The number of hydrogen-bond acceptors (Lipinski definition) is 3. The van der Waals surface area contributed by atoms with Crippen LogP contribution in [0.1, 0.15) is 36.0 Å². The third-order valence-electron chi connectivity index (χ3n) is 6.02. The molecule has 0 bridgehead atoms. The third kappa shape index (κ3) is 2.20. The molecule has 138 valence electrons. The standard InChI is InChI=1S/C25H20O3/c1-14-4-2-6-22-24(14)18-12-15(8-10-20(18)27-22)17-5-3-7-23-25(17)19-13-16(26)9-11-21(19)28-23/h3-5,7-12,16,26H,2,6,13H2,1H3. The van der Waals surface area contributed by atoms with Crippen LogP contribution in [0.15, 0.2) is 57.4 Å². The van der Waals surface area contributed by atoms with Crippen molar-refractivity contribution >= 4 is 33.6 Å². The Morgan fingerprint density at radius 3 is 2.93 bits per heavy atom. The molecule has 0 fully saturated rings. The van der Waals surface area contributed by atoms with Crippen molar-refractivity contribution in [3.05, 3.63) is 71.2 Å². The summed E-state index contributed by atoms with van der Waals surface area (Å²) < 4.78 is 12.2. The molecule has 0 saturated carbocycles. The van der Waals surface area contributed by atoms with E-state index in [-0.39, 0.29) is 0 Å². The lowest BCUT2D eigenvalue weighted by molar-refractivity contribution is 0.222. The van der Waals surface area contributed by atoms with E-state index < -0.39 is 6.10 Å². The number of fused-ring (bicyclic) bond motifs is 6. The van der Waals surface area contributed by atoms with Gasteiger partial charge in [-0.05, 0) is 54.3 Å². The molecule has 2 aromatic carbocycles. The van der Waals surface area contributed by atoms with E-state index in [0.29, 0.717) is 6.42 Å². The summed E-state index contributed by atoms with van der Waals surface area (Å²) in [5.41, 5.74) is 7.74. The molecule has 0 saturated heterocycles. The van der Waals surface area contributed by atoms with Gasteiger partial charge >= 0.3 is 0 Å². The van der Waals surface area contributed by atoms with Crippen molar-refractivity contribution in [3.63, 3.8) is 0 Å². The number of allylic oxidation sites excluding steroid dienone is 2. The van der Waals surface area contributed by atoms with Crippen LogP contribution in [0, 0.1) is 0 Å². The highest BCUT2D eigenvalue weighted by Crippen LogP contribution is 2.41. The fraction of sp³-hybridized carbons (Fsp3) is 0.200. The fourth-order valence-electron chi connectivity index (χ4n) is 4.73. The lowest BCUT2D eigenvalue weighted by Gasteiger charge is -2.12. The molecule has 2 aromatic heterocycles. The van der Waals surface area contributed by atoms with E-state index >= 15 is 0 Å². The van der Waals surface area contributed by atoms with Crippen molar-refractivity contribution in [3.8, 4) is 11.1 Å². The van der Waals surface area contributed by atoms with Gasteiger partial charge in [-0.15, -0.1) is 0 Å². The van der Waals surface area contributed by atoms with Crippen molar-refractivity contribution in [2.24, 2.45) is 0 Å². The van der Waals surface area contributed by atoms with Gasteiger partial charge in [-0.3, -0.25) is 0 Å². The third-order valence-corrected chi connectivity index (χ3v) is 6.02. The number of aryl methyl sites for hydroxylation is 1. The average molecular weight is 368 g/mol. The maximum Gasteiger partial charge on any atom is 0.135 e. The molecule has 1 N–H and O–H groups in total. The zero-order chi connectivity index (χ0) is 18.8. The van der Waals surface area contributed by atoms with E-state index in [0.717, 1.165) is 57.6 Å². The second kappa shape index (κ2) is 5.73. The van der Waals surface area contributed by atoms with Crippen molar-refractivity contribution in [1.29, 1.82) is 0 Å². The fourth-order valence-corrected chi connectivity index (χ4v) is 4.73. The predicted octanol–water partition coefficient (Wildman–Crippen LogP) is 6.13. The van der Waals surface area contributed by atoms with Gasteiger partial charge in [0.25, 0.3) is 0 Å². The monoisotopic (exact) mass is 368 g/mol. The minimum atomic E-state index is -0.461. The smallest absolute Gasteiger partial charge is 0.135 e. The van der Waals surface area contributed by atoms with E-state index in [1.165, 1.54) is 16.5 Å². The van der Waals surface area contributed by atoms with Gasteiger partial charge in [0, 0.05) is 34.7 Å². The van der Waals surface area contributed by atoms with Gasteiger partial charge in [-0.2, -0.15) is 0 Å². The Morgan fingerprint density at radius 1 is 1.07 bits per heavy atom. The molecule has 1 unspecified atom stereocenters. The van der Waals surface area contributed by atoms with Crippen LogP contribution in [0.25, 0.3) is 44.7 Å². The Hall–Kier alpha value is -3.04. The lowest BCUT2D eigenvalue weighted by Crippen LogP contribution is -2.10. The van der Waals surface area contributed by atoms with E-state index in [9.17, 15) is 5.11 Å². The van der Waals surface area contributed by atoms with Crippen molar-refractivity contribution < 1.29 is 13.9 Å². The zero-order valence-electron chi connectivity index (χ0n) is 15.7. The number of furan rings is 2. The normalized spacial score (nSPS) is 18.4. The SMILES string of the molecule is CC1=CCCc2oc3ccc(-c4cccc5oc6c(c45)CC(O)C=C6)cc3c21. The van der Waals surface area contributed by atoms with E-state index in [2.05, 4.69) is 37.3 Å². The maximum atomic E-state index is 10.1. The van der Waals surface area contributed by atoms with Crippen LogP contribution in [0.5, 0.6) is 0 Å². The highest BCUT2D eigenvalue weighted by Gasteiger charge is 2.23. The van der Waals surface area contributed by atoms with Gasteiger partial charge in [0.05, 0.1) is 6.10 Å². The van der Waals surface area contributed by atoms with Crippen molar-refractivity contribution in [1.82, 2.24) is 0 Å². The molecule has 28 heavy (non-hydrogen) atoms. The minimum absolute atomic E-state index is 0.461. The quantitative estimate of drug-likeness (QED) is 0.440. The first-order chi connectivity index (χ1) is 13.7. The van der Waals surface area contributed by atoms with Crippen LogP contribution in [-0.2, 0) is 12.8 Å². The lowest BCUT2D eigenvalue weighted by atomic mass is 9.91. The van der Waals surface area contributed by atoms with Gasteiger partial charge in [0.15, 0.2) is 0 Å². The summed E-state index contributed by atoms with van der Waals surface area (Å²) in [5, 5.41) is 12.4. The molecule has 3 nitrogen and oxygen atoms in total. The topological polar surface area (TPSA) is 46.5 Å². The van der Waals surface area contributed by atoms with Crippen LogP contribution in [0.3, 0.4) is 0 Å². The summed E-state index contributed by atoms with van der Waals surface area (Å²) in [6.07, 6.45) is 8.11. The summed E-state index contributed by atoms with van der Waals surface area (Å²) in [6, 6.07) is 12.6. The second-order valence-electron chi connectivity index (χ2n) is 7.79. The molecule has 6 rings (SSSR count). The first kappa shape index (κ1) is 16.0. The van der Waals surface area contributed by atoms with Gasteiger partial charge in [0.1, 0.15) is 22.7 Å². The highest BCUT2D eigenvalue weighted by molar-refractivity contribution is 6.02. The Kier molecular flexibility index (Phi) is 3.27. The number of hydrogen-bond donors (Lipinski definition) is 1. The van der Waals surface area contributed by atoms with Crippen LogP contribution < -0.4 is 0 Å². The Morgan fingerprint density at radius 2 is 2.00 bits per heavy atom. The maximum absolute atomic E-state index is 10.1. The molecule has 2 aliphatic rings. The molecular weight excluding hydrogens is 348 g/mol. The summed E-state index contributed by atoms with van der Waals surface area (Å²) in [4.78, 5) is 0. The minimum Gasteiger partial charge on any atom is -0.460 e. The van der Waals surface area contributed by atoms with Gasteiger partial charge in [-0.1, -0.05) is 30.4 Å². The first-order valence-electron chi connectivity index (χ1n) is 9.82. The van der Waals surface area contributed by atoms with E-state index in [1.54, 1.807) is 6.08 Å². The summed E-state index contributed by atoms with van der Waals surface area (Å²) in [6.45, 7) is 2.17. The second-order valence-corrected chi connectivity index (χ2v) is 7.79. The van der Waals surface area contributed by atoms with E-state index in [1.807, 2.05) is 18.2 Å². The molecular formula is C25H20O3. The Labute approximate surface area is 162 Å². The van der Waals surface area contributed by atoms with Crippen molar-refractivity contribution in [2.45, 2.75) is 32.3 Å². The Balaban J connectivity index is 1.61. The van der Waals surface area contributed by atoms with Crippen LogP contribution in [0.4, 0.5) is 0 Å². The average Bonchev–Trinajstić information content (AvgIpc) is 3.25. The molecule has 1 atom stereocenters. The molecule has 3 heteroatoms. The zero-order valence-corrected chi connectivity index (χ0v) is 15.7. The van der Waals surface area contributed by atoms with Gasteiger partial charge < -0.3 is 13.9 Å². The molecule has 0 radical (unpaired) electrons. The molecule has 2 heterocycles. The van der Waals surface area contributed by atoms with Crippen LogP contribution in [0.2, 0.25) is 0 Å². The summed E-state index contributed by atoms with van der Waals surface area (Å²) in [7, 11) is 0.